The van der Waals surface area contributed by atoms with Crippen LogP contribution in [0, 0.1) is 0 Å². The Bertz CT molecular complexity index is 923. The van der Waals surface area contributed by atoms with E-state index in [4.69, 9.17) is 0 Å². The van der Waals surface area contributed by atoms with Crippen molar-refractivity contribution in [3.63, 3.8) is 0 Å². The Balaban J connectivity index is 2.04. The molecule has 0 aliphatic rings. The Morgan fingerprint density at radius 1 is 0.967 bits per heavy atom. The van der Waals surface area contributed by atoms with E-state index >= 15 is 0 Å². The highest BCUT2D eigenvalue weighted by Crippen LogP contribution is 2.14. The molecule has 0 saturated heterocycles. The van der Waals surface area contributed by atoms with E-state index in [2.05, 4.69) is 34.9 Å². The molecule has 0 radical (unpaired) electrons. The first-order chi connectivity index (χ1) is 14.3. The first-order valence-electron chi connectivity index (χ1n) is 10.5. The first-order valence-corrected chi connectivity index (χ1v) is 12.0. The zero-order valence-electron chi connectivity index (χ0n) is 18.3. The molecule has 0 bridgehead atoms. The van der Waals surface area contributed by atoms with Gasteiger partial charge in [0.1, 0.15) is 0 Å². The summed E-state index contributed by atoms with van der Waals surface area (Å²) < 4.78 is 27.3. The summed E-state index contributed by atoms with van der Waals surface area (Å²) in [6.07, 6.45) is 0.704. The van der Waals surface area contributed by atoms with E-state index < -0.39 is 10.0 Å². The number of amides is 1. The van der Waals surface area contributed by atoms with Gasteiger partial charge in [-0.15, -0.1) is 0 Å². The third-order valence-electron chi connectivity index (χ3n) is 5.24. The molecule has 1 amide bonds. The minimum absolute atomic E-state index is 0.144. The number of carbonyl (C=O) groups excluding carboxylic acids is 1. The molecule has 0 aliphatic carbocycles. The molecular formula is C23H33N3O3S. The predicted octanol–water partition coefficient (Wildman–Crippen LogP) is 3.54. The summed E-state index contributed by atoms with van der Waals surface area (Å²) in [6.45, 7) is 11.2. The second-order valence-corrected chi connectivity index (χ2v) is 9.08. The number of carbonyl (C=O) groups is 1. The van der Waals surface area contributed by atoms with E-state index in [1.54, 1.807) is 12.1 Å². The van der Waals surface area contributed by atoms with Crippen molar-refractivity contribution in [1.82, 2.24) is 14.9 Å². The minimum atomic E-state index is -3.58. The molecule has 0 aliphatic heterocycles. The van der Waals surface area contributed by atoms with Gasteiger partial charge < -0.3 is 5.32 Å². The highest BCUT2D eigenvalue weighted by molar-refractivity contribution is 7.89. The van der Waals surface area contributed by atoms with Crippen LogP contribution in [-0.2, 0) is 23.1 Å². The molecule has 2 aromatic rings. The summed E-state index contributed by atoms with van der Waals surface area (Å²) in [5.74, 6) is -0.230. The molecule has 6 nitrogen and oxygen atoms in total. The third-order valence-corrected chi connectivity index (χ3v) is 6.85. The second-order valence-electron chi connectivity index (χ2n) is 7.37. The highest BCUT2D eigenvalue weighted by Gasteiger charge is 2.17. The van der Waals surface area contributed by atoms with Gasteiger partial charge in [-0.1, -0.05) is 45.0 Å². The molecule has 0 spiro atoms. The van der Waals surface area contributed by atoms with Crippen LogP contribution in [0.3, 0.4) is 0 Å². The molecule has 1 unspecified atom stereocenters. The van der Waals surface area contributed by atoms with Crippen LogP contribution in [-0.4, -0.2) is 38.4 Å². The fourth-order valence-corrected chi connectivity index (χ4v) is 4.38. The SMILES string of the molecule is CCC(C)NS(=O)(=O)c1ccc(C(=O)NCc2ccccc2CN(CC)CC)cc1. The lowest BCUT2D eigenvalue weighted by atomic mass is 10.1. The van der Waals surface area contributed by atoms with E-state index in [1.807, 2.05) is 32.0 Å². The molecule has 2 N–H and O–H groups in total. The summed E-state index contributed by atoms with van der Waals surface area (Å²) in [7, 11) is -3.58. The monoisotopic (exact) mass is 431 g/mol. The number of nitrogens with zero attached hydrogens (tertiary/aromatic N) is 1. The van der Waals surface area contributed by atoms with Crippen molar-refractivity contribution in [1.29, 1.82) is 0 Å². The normalized spacial score (nSPS) is 12.7. The topological polar surface area (TPSA) is 78.5 Å². The van der Waals surface area contributed by atoms with Crippen molar-refractivity contribution < 1.29 is 13.2 Å². The van der Waals surface area contributed by atoms with Gasteiger partial charge in [-0.05, 0) is 61.8 Å². The van der Waals surface area contributed by atoms with Crippen molar-refractivity contribution in [3.05, 3.63) is 65.2 Å². The van der Waals surface area contributed by atoms with E-state index in [0.717, 1.165) is 25.2 Å². The quantitative estimate of drug-likeness (QED) is 0.570. The molecule has 30 heavy (non-hydrogen) atoms. The minimum Gasteiger partial charge on any atom is -0.348 e. The Labute approximate surface area is 180 Å². The summed E-state index contributed by atoms with van der Waals surface area (Å²) in [5, 5.41) is 2.94. The maximum Gasteiger partial charge on any atom is 0.251 e. The lowest BCUT2D eigenvalue weighted by molar-refractivity contribution is 0.0950. The van der Waals surface area contributed by atoms with E-state index in [-0.39, 0.29) is 16.8 Å². The van der Waals surface area contributed by atoms with Crippen LogP contribution in [0.5, 0.6) is 0 Å². The van der Waals surface area contributed by atoms with Crippen molar-refractivity contribution in [3.8, 4) is 0 Å². The molecule has 0 aromatic heterocycles. The van der Waals surface area contributed by atoms with Crippen molar-refractivity contribution >= 4 is 15.9 Å². The molecular weight excluding hydrogens is 398 g/mol. The maximum absolute atomic E-state index is 12.6. The summed E-state index contributed by atoms with van der Waals surface area (Å²) >= 11 is 0. The average Bonchev–Trinajstić information content (AvgIpc) is 2.76. The van der Waals surface area contributed by atoms with Gasteiger partial charge >= 0.3 is 0 Å². The molecule has 0 fully saturated rings. The Morgan fingerprint density at radius 3 is 2.13 bits per heavy atom. The molecule has 2 aromatic carbocycles. The highest BCUT2D eigenvalue weighted by atomic mass is 32.2. The third kappa shape index (κ3) is 6.65. The van der Waals surface area contributed by atoms with Gasteiger partial charge in [-0.2, -0.15) is 0 Å². The van der Waals surface area contributed by atoms with Gasteiger partial charge in [-0.3, -0.25) is 9.69 Å². The van der Waals surface area contributed by atoms with Crippen LogP contribution in [0.15, 0.2) is 53.4 Å². The average molecular weight is 432 g/mol. The summed E-state index contributed by atoms with van der Waals surface area (Å²) in [5.41, 5.74) is 2.70. The van der Waals surface area contributed by atoms with Crippen LogP contribution in [0.2, 0.25) is 0 Å². The predicted molar refractivity (Wildman–Crippen MR) is 121 cm³/mol. The number of nitrogens with one attached hydrogen (secondary N) is 2. The molecule has 7 heteroatoms. The first kappa shape index (κ1) is 24.1. The van der Waals surface area contributed by atoms with Crippen molar-refractivity contribution in [2.24, 2.45) is 0 Å². The van der Waals surface area contributed by atoms with Crippen LogP contribution >= 0.6 is 0 Å². The second kappa shape index (κ2) is 11.2. The molecule has 2 rings (SSSR count). The zero-order chi connectivity index (χ0) is 22.1. The maximum atomic E-state index is 12.6. The molecule has 1 atom stereocenters. The van der Waals surface area contributed by atoms with E-state index in [1.165, 1.54) is 17.7 Å². The van der Waals surface area contributed by atoms with Crippen molar-refractivity contribution in [2.45, 2.75) is 58.1 Å². The number of benzene rings is 2. The molecule has 164 valence electrons. The van der Waals surface area contributed by atoms with Gasteiger partial charge in [0.2, 0.25) is 10.0 Å². The fraction of sp³-hybridized carbons (Fsp3) is 0.435. The smallest absolute Gasteiger partial charge is 0.251 e. The Kier molecular flexibility index (Phi) is 9.02. The number of rotatable bonds is 11. The van der Waals surface area contributed by atoms with Gasteiger partial charge in [0.25, 0.3) is 5.91 Å². The number of hydrogen-bond donors (Lipinski definition) is 2. The fourth-order valence-electron chi connectivity index (χ4n) is 3.05. The largest absolute Gasteiger partial charge is 0.348 e. The molecule has 0 heterocycles. The summed E-state index contributed by atoms with van der Waals surface area (Å²) in [4.78, 5) is 15.0. The van der Waals surface area contributed by atoms with Gasteiger partial charge in [0, 0.05) is 24.7 Å². The lowest BCUT2D eigenvalue weighted by Gasteiger charge is -2.20. The standard InChI is InChI=1S/C23H33N3O3S/c1-5-18(4)25-30(28,29)22-14-12-19(13-15-22)23(27)24-16-20-10-8-9-11-21(20)17-26(6-2)7-3/h8-15,18,25H,5-7,16-17H2,1-4H3,(H,24,27). The Morgan fingerprint density at radius 2 is 1.57 bits per heavy atom. The summed E-state index contributed by atoms with van der Waals surface area (Å²) in [6, 6.07) is 14.0. The Hall–Kier alpha value is -2.22. The van der Waals surface area contributed by atoms with Crippen LogP contribution in [0.25, 0.3) is 0 Å². The van der Waals surface area contributed by atoms with Crippen LogP contribution in [0.1, 0.15) is 55.6 Å². The van der Waals surface area contributed by atoms with Crippen LogP contribution in [0.4, 0.5) is 0 Å². The van der Waals surface area contributed by atoms with Gasteiger partial charge in [-0.25, -0.2) is 13.1 Å². The molecule has 0 saturated carbocycles. The number of sulfonamides is 1. The van der Waals surface area contributed by atoms with Crippen LogP contribution < -0.4 is 10.0 Å². The van der Waals surface area contributed by atoms with Gasteiger partial charge in [0.15, 0.2) is 0 Å². The number of hydrogen-bond acceptors (Lipinski definition) is 4. The van der Waals surface area contributed by atoms with Crippen molar-refractivity contribution in [2.75, 3.05) is 13.1 Å². The van der Waals surface area contributed by atoms with E-state index in [0.29, 0.717) is 18.5 Å². The lowest BCUT2D eigenvalue weighted by Crippen LogP contribution is -2.32. The van der Waals surface area contributed by atoms with Gasteiger partial charge in [0.05, 0.1) is 4.90 Å². The zero-order valence-corrected chi connectivity index (χ0v) is 19.1. The van der Waals surface area contributed by atoms with E-state index in [9.17, 15) is 13.2 Å².